The van der Waals surface area contributed by atoms with Gasteiger partial charge in [0.1, 0.15) is 5.82 Å². The van der Waals surface area contributed by atoms with Crippen LogP contribution in [-0.4, -0.2) is 24.0 Å². The molecule has 0 saturated heterocycles. The highest BCUT2D eigenvalue weighted by Crippen LogP contribution is 2.40. The molecule has 1 aromatic rings. The van der Waals surface area contributed by atoms with E-state index in [1.54, 1.807) is 6.07 Å². The molecule has 0 spiro atoms. The summed E-state index contributed by atoms with van der Waals surface area (Å²) >= 11 is 3.31. The fourth-order valence-electron chi connectivity index (χ4n) is 2.75. The summed E-state index contributed by atoms with van der Waals surface area (Å²) < 4.78 is 15.0. The Morgan fingerprint density at radius 1 is 1.32 bits per heavy atom. The van der Waals surface area contributed by atoms with E-state index in [4.69, 9.17) is 5.73 Å². The van der Waals surface area contributed by atoms with Gasteiger partial charge in [0.05, 0.1) is 6.04 Å². The van der Waals surface area contributed by atoms with Crippen LogP contribution in [0.4, 0.5) is 4.39 Å². The van der Waals surface area contributed by atoms with Crippen molar-refractivity contribution >= 4 is 15.9 Å². The lowest BCUT2D eigenvalue weighted by molar-refractivity contribution is 0.179. The minimum atomic E-state index is -0.147. The van der Waals surface area contributed by atoms with Gasteiger partial charge in [-0.3, -0.25) is 4.90 Å². The van der Waals surface area contributed by atoms with E-state index in [1.807, 2.05) is 12.1 Å². The molecule has 0 heterocycles. The number of nitrogens with two attached hydrogens (primary N) is 1. The Balaban J connectivity index is 1.83. The number of hydrogen-bond acceptors (Lipinski definition) is 2. The Hall–Kier alpha value is -0.450. The van der Waals surface area contributed by atoms with Gasteiger partial charge in [0.25, 0.3) is 0 Å². The smallest absolute Gasteiger partial charge is 0.129 e. The number of halogens is 2. The fraction of sp³-hybridized carbons (Fsp3) is 0.600. The lowest BCUT2D eigenvalue weighted by atomic mass is 10.0. The standard InChI is InChI=1S/C15H20BrFN2/c16-11-3-6-13(14(17)7-11)15(8-18)19(12-4-5-12)9-10-1-2-10/h3,6-7,10,12,15H,1-2,4-5,8-9,18H2. The van der Waals surface area contributed by atoms with Crippen LogP contribution < -0.4 is 5.73 Å². The van der Waals surface area contributed by atoms with E-state index >= 15 is 0 Å². The molecule has 19 heavy (non-hydrogen) atoms. The van der Waals surface area contributed by atoms with Crippen molar-refractivity contribution in [2.45, 2.75) is 37.8 Å². The molecule has 4 heteroatoms. The average Bonchev–Trinajstić information content (AvgIpc) is 3.25. The lowest BCUT2D eigenvalue weighted by Gasteiger charge is -2.31. The highest BCUT2D eigenvalue weighted by Gasteiger charge is 2.38. The third-order valence-electron chi connectivity index (χ3n) is 4.13. The molecule has 1 aromatic carbocycles. The monoisotopic (exact) mass is 326 g/mol. The molecule has 2 fully saturated rings. The van der Waals surface area contributed by atoms with E-state index in [-0.39, 0.29) is 11.9 Å². The van der Waals surface area contributed by atoms with Crippen LogP contribution >= 0.6 is 15.9 Å². The first-order chi connectivity index (χ1) is 9.19. The Bertz CT molecular complexity index is 457. The molecule has 1 unspecified atom stereocenters. The van der Waals surface area contributed by atoms with Crippen molar-refractivity contribution in [3.8, 4) is 0 Å². The summed E-state index contributed by atoms with van der Waals surface area (Å²) in [6, 6.07) is 5.97. The van der Waals surface area contributed by atoms with Gasteiger partial charge in [-0.2, -0.15) is 0 Å². The van der Waals surface area contributed by atoms with E-state index in [0.717, 1.165) is 22.5 Å². The molecule has 0 aromatic heterocycles. The molecule has 1 atom stereocenters. The summed E-state index contributed by atoms with van der Waals surface area (Å²) in [5.74, 6) is 0.666. The third kappa shape index (κ3) is 3.18. The van der Waals surface area contributed by atoms with Gasteiger partial charge in [-0.15, -0.1) is 0 Å². The lowest BCUT2D eigenvalue weighted by Crippen LogP contribution is -2.37. The van der Waals surface area contributed by atoms with Gasteiger partial charge in [-0.1, -0.05) is 22.0 Å². The quantitative estimate of drug-likeness (QED) is 0.867. The average molecular weight is 327 g/mol. The van der Waals surface area contributed by atoms with E-state index in [0.29, 0.717) is 12.6 Å². The minimum absolute atomic E-state index is 0.0289. The Kier molecular flexibility index (Phi) is 3.92. The molecule has 2 aliphatic carbocycles. The first kappa shape index (κ1) is 13.5. The zero-order valence-electron chi connectivity index (χ0n) is 11.0. The van der Waals surface area contributed by atoms with Crippen LogP contribution in [0.3, 0.4) is 0 Å². The summed E-state index contributed by atoms with van der Waals surface area (Å²) in [5, 5.41) is 0. The van der Waals surface area contributed by atoms with Crippen LogP contribution in [0.15, 0.2) is 22.7 Å². The summed E-state index contributed by atoms with van der Waals surface area (Å²) in [4.78, 5) is 2.45. The van der Waals surface area contributed by atoms with Crippen LogP contribution in [0.25, 0.3) is 0 Å². The number of rotatable bonds is 6. The maximum Gasteiger partial charge on any atom is 0.129 e. The van der Waals surface area contributed by atoms with E-state index in [2.05, 4.69) is 20.8 Å². The summed E-state index contributed by atoms with van der Waals surface area (Å²) in [6.45, 7) is 1.57. The summed E-state index contributed by atoms with van der Waals surface area (Å²) in [6.07, 6.45) is 5.12. The Morgan fingerprint density at radius 3 is 2.58 bits per heavy atom. The molecular formula is C15H20BrFN2. The van der Waals surface area contributed by atoms with Gasteiger partial charge in [-0.25, -0.2) is 4.39 Å². The predicted octanol–water partition coefficient (Wildman–Crippen LogP) is 3.46. The van der Waals surface area contributed by atoms with Gasteiger partial charge in [0.15, 0.2) is 0 Å². The molecule has 0 bridgehead atoms. The largest absolute Gasteiger partial charge is 0.329 e. The first-order valence-corrected chi connectivity index (χ1v) is 7.89. The van der Waals surface area contributed by atoms with Gasteiger partial charge < -0.3 is 5.73 Å². The highest BCUT2D eigenvalue weighted by atomic mass is 79.9. The number of benzene rings is 1. The van der Waals surface area contributed by atoms with Crippen molar-refractivity contribution in [2.24, 2.45) is 11.7 Å². The van der Waals surface area contributed by atoms with Crippen LogP contribution in [-0.2, 0) is 0 Å². The molecule has 2 aliphatic rings. The second-order valence-electron chi connectivity index (χ2n) is 5.79. The Labute approximate surface area is 122 Å². The first-order valence-electron chi connectivity index (χ1n) is 7.10. The van der Waals surface area contributed by atoms with Crippen LogP contribution in [0.2, 0.25) is 0 Å². The molecule has 3 rings (SSSR count). The Morgan fingerprint density at radius 2 is 2.05 bits per heavy atom. The second kappa shape index (κ2) is 5.51. The van der Waals surface area contributed by atoms with Crippen molar-refractivity contribution in [2.75, 3.05) is 13.1 Å². The molecule has 0 radical (unpaired) electrons. The zero-order valence-corrected chi connectivity index (χ0v) is 12.6. The summed E-state index contributed by atoms with van der Waals surface area (Å²) in [7, 11) is 0. The normalized spacial score (nSPS) is 20.8. The molecule has 104 valence electrons. The number of nitrogens with zero attached hydrogens (tertiary/aromatic N) is 1. The van der Waals surface area contributed by atoms with Gasteiger partial charge in [0.2, 0.25) is 0 Å². The molecular weight excluding hydrogens is 307 g/mol. The van der Waals surface area contributed by atoms with Crippen LogP contribution in [0.5, 0.6) is 0 Å². The molecule has 2 nitrogen and oxygen atoms in total. The zero-order chi connectivity index (χ0) is 13.4. The van der Waals surface area contributed by atoms with Gasteiger partial charge in [0, 0.05) is 29.2 Å². The van der Waals surface area contributed by atoms with Crippen LogP contribution in [0.1, 0.15) is 37.3 Å². The maximum atomic E-state index is 14.2. The van der Waals surface area contributed by atoms with Crippen LogP contribution in [0, 0.1) is 11.7 Å². The van der Waals surface area contributed by atoms with E-state index < -0.39 is 0 Å². The third-order valence-corrected chi connectivity index (χ3v) is 4.62. The second-order valence-corrected chi connectivity index (χ2v) is 6.70. The van der Waals surface area contributed by atoms with Gasteiger partial charge in [-0.05, 0) is 43.7 Å². The van der Waals surface area contributed by atoms with E-state index in [9.17, 15) is 4.39 Å². The number of hydrogen-bond donors (Lipinski definition) is 1. The van der Waals surface area contributed by atoms with Crippen molar-refractivity contribution in [1.82, 2.24) is 4.90 Å². The van der Waals surface area contributed by atoms with Crippen molar-refractivity contribution in [3.63, 3.8) is 0 Å². The minimum Gasteiger partial charge on any atom is -0.329 e. The topological polar surface area (TPSA) is 29.3 Å². The fourth-order valence-corrected chi connectivity index (χ4v) is 3.08. The maximum absolute atomic E-state index is 14.2. The SMILES string of the molecule is NCC(c1ccc(Br)cc1F)N(CC1CC1)C1CC1. The molecule has 2 N–H and O–H groups in total. The molecule has 2 saturated carbocycles. The van der Waals surface area contributed by atoms with E-state index in [1.165, 1.54) is 25.7 Å². The molecule has 0 amide bonds. The molecule has 0 aliphatic heterocycles. The van der Waals surface area contributed by atoms with Crippen molar-refractivity contribution in [1.29, 1.82) is 0 Å². The van der Waals surface area contributed by atoms with Crippen molar-refractivity contribution < 1.29 is 4.39 Å². The van der Waals surface area contributed by atoms with Gasteiger partial charge >= 0.3 is 0 Å². The highest BCUT2D eigenvalue weighted by molar-refractivity contribution is 9.10. The summed E-state index contributed by atoms with van der Waals surface area (Å²) in [5.41, 5.74) is 6.70. The predicted molar refractivity (Wildman–Crippen MR) is 78.3 cm³/mol. The van der Waals surface area contributed by atoms with Crippen molar-refractivity contribution in [3.05, 3.63) is 34.1 Å².